The van der Waals surface area contributed by atoms with Gasteiger partial charge in [-0.15, -0.1) is 0 Å². The zero-order chi connectivity index (χ0) is 16.8. The van der Waals surface area contributed by atoms with E-state index in [4.69, 9.17) is 9.47 Å². The first-order valence-electron chi connectivity index (χ1n) is 7.21. The van der Waals surface area contributed by atoms with Crippen LogP contribution in [0.25, 0.3) is 0 Å². The molecule has 0 aliphatic heterocycles. The third-order valence-electron chi connectivity index (χ3n) is 3.25. The standard InChI is InChI=1S/C17H19BrN2O3/c1-4-23-16-14(18)8-13(9-15(16)22-3)17(21)20(2)11-12-6-5-7-19-10-12/h5-10H,4,11H2,1-3H3. The van der Waals surface area contributed by atoms with Crippen molar-refractivity contribution in [3.8, 4) is 11.5 Å². The Labute approximate surface area is 144 Å². The molecule has 0 N–H and O–H groups in total. The third-order valence-corrected chi connectivity index (χ3v) is 3.84. The second-order valence-electron chi connectivity index (χ2n) is 4.94. The van der Waals surface area contributed by atoms with Crippen LogP contribution < -0.4 is 9.47 Å². The number of aromatic nitrogens is 1. The Kier molecular flexibility index (Phi) is 5.98. The molecule has 0 saturated heterocycles. The van der Waals surface area contributed by atoms with Gasteiger partial charge in [0.15, 0.2) is 11.5 Å². The molecule has 2 aromatic rings. The number of hydrogen-bond acceptors (Lipinski definition) is 4. The molecule has 0 aliphatic carbocycles. The predicted molar refractivity (Wildman–Crippen MR) is 91.9 cm³/mol. The summed E-state index contributed by atoms with van der Waals surface area (Å²) in [5.74, 6) is 1.02. The molecule has 0 unspecified atom stereocenters. The molecule has 0 saturated carbocycles. The van der Waals surface area contributed by atoms with E-state index in [1.54, 1.807) is 43.6 Å². The SMILES string of the molecule is CCOc1c(Br)cc(C(=O)N(C)Cc2cccnc2)cc1OC. The van der Waals surface area contributed by atoms with Crippen molar-refractivity contribution in [2.24, 2.45) is 0 Å². The number of pyridine rings is 1. The van der Waals surface area contributed by atoms with Gasteiger partial charge in [-0.1, -0.05) is 6.07 Å². The maximum absolute atomic E-state index is 12.6. The molecule has 0 atom stereocenters. The van der Waals surface area contributed by atoms with E-state index in [2.05, 4.69) is 20.9 Å². The van der Waals surface area contributed by atoms with Crippen LogP contribution in [0, 0.1) is 0 Å². The summed E-state index contributed by atoms with van der Waals surface area (Å²) in [7, 11) is 3.31. The molecule has 1 aromatic heterocycles. The van der Waals surface area contributed by atoms with Gasteiger partial charge < -0.3 is 14.4 Å². The number of hydrogen-bond donors (Lipinski definition) is 0. The van der Waals surface area contributed by atoms with Gasteiger partial charge in [0, 0.05) is 31.5 Å². The van der Waals surface area contributed by atoms with Crippen LogP contribution in [-0.4, -0.2) is 36.6 Å². The van der Waals surface area contributed by atoms with Gasteiger partial charge in [0.2, 0.25) is 0 Å². The van der Waals surface area contributed by atoms with Crippen molar-refractivity contribution in [1.29, 1.82) is 0 Å². The lowest BCUT2D eigenvalue weighted by molar-refractivity contribution is 0.0784. The maximum Gasteiger partial charge on any atom is 0.254 e. The number of rotatable bonds is 6. The molecule has 0 bridgehead atoms. The smallest absolute Gasteiger partial charge is 0.254 e. The molecule has 1 aromatic carbocycles. The van der Waals surface area contributed by atoms with Crippen molar-refractivity contribution in [3.63, 3.8) is 0 Å². The van der Waals surface area contributed by atoms with Crippen LogP contribution in [0.3, 0.4) is 0 Å². The highest BCUT2D eigenvalue weighted by Gasteiger charge is 2.18. The van der Waals surface area contributed by atoms with Gasteiger partial charge in [-0.2, -0.15) is 0 Å². The summed E-state index contributed by atoms with van der Waals surface area (Å²) < 4.78 is 11.6. The second kappa shape index (κ2) is 7.97. The van der Waals surface area contributed by atoms with Crippen molar-refractivity contribution in [2.45, 2.75) is 13.5 Å². The fourth-order valence-electron chi connectivity index (χ4n) is 2.19. The molecule has 23 heavy (non-hydrogen) atoms. The van der Waals surface area contributed by atoms with E-state index in [1.165, 1.54) is 0 Å². The summed E-state index contributed by atoms with van der Waals surface area (Å²) >= 11 is 3.44. The minimum Gasteiger partial charge on any atom is -0.493 e. The topological polar surface area (TPSA) is 51.7 Å². The van der Waals surface area contributed by atoms with Gasteiger partial charge in [-0.25, -0.2) is 0 Å². The van der Waals surface area contributed by atoms with Gasteiger partial charge in [0.05, 0.1) is 18.2 Å². The van der Waals surface area contributed by atoms with Crippen LogP contribution in [0.4, 0.5) is 0 Å². The monoisotopic (exact) mass is 378 g/mol. The Bertz CT molecular complexity index is 677. The summed E-state index contributed by atoms with van der Waals surface area (Å²) in [5.41, 5.74) is 1.50. The highest BCUT2D eigenvalue weighted by atomic mass is 79.9. The molecular formula is C17H19BrN2O3. The van der Waals surface area contributed by atoms with Crippen molar-refractivity contribution in [1.82, 2.24) is 9.88 Å². The fraction of sp³-hybridized carbons (Fsp3) is 0.294. The van der Waals surface area contributed by atoms with Crippen molar-refractivity contribution in [3.05, 3.63) is 52.3 Å². The summed E-state index contributed by atoms with van der Waals surface area (Å²) in [6, 6.07) is 7.23. The van der Waals surface area contributed by atoms with Crippen molar-refractivity contribution >= 4 is 21.8 Å². The summed E-state index contributed by atoms with van der Waals surface area (Å²) in [4.78, 5) is 18.3. The normalized spacial score (nSPS) is 10.3. The minimum atomic E-state index is -0.101. The molecule has 0 spiro atoms. The number of methoxy groups -OCH3 is 1. The molecule has 122 valence electrons. The molecule has 1 heterocycles. The average Bonchev–Trinajstić information content (AvgIpc) is 2.56. The Morgan fingerprint density at radius 1 is 1.39 bits per heavy atom. The number of carbonyl (C=O) groups excluding carboxylic acids is 1. The highest BCUT2D eigenvalue weighted by molar-refractivity contribution is 9.10. The Balaban J connectivity index is 2.23. The number of amides is 1. The van der Waals surface area contributed by atoms with E-state index in [0.29, 0.717) is 34.7 Å². The van der Waals surface area contributed by atoms with E-state index in [1.807, 2.05) is 19.1 Å². The van der Waals surface area contributed by atoms with Crippen LogP contribution >= 0.6 is 15.9 Å². The van der Waals surface area contributed by atoms with Crippen molar-refractivity contribution in [2.75, 3.05) is 20.8 Å². The zero-order valence-electron chi connectivity index (χ0n) is 13.4. The average molecular weight is 379 g/mol. The third kappa shape index (κ3) is 4.22. The number of halogens is 1. The Morgan fingerprint density at radius 3 is 2.78 bits per heavy atom. The molecule has 2 rings (SSSR count). The largest absolute Gasteiger partial charge is 0.493 e. The first-order chi connectivity index (χ1) is 11.1. The Hall–Kier alpha value is -2.08. The van der Waals surface area contributed by atoms with Crippen LogP contribution in [0.5, 0.6) is 11.5 Å². The highest BCUT2D eigenvalue weighted by Crippen LogP contribution is 2.37. The maximum atomic E-state index is 12.6. The summed E-state index contributed by atoms with van der Waals surface area (Å²) in [6.45, 7) is 2.90. The first-order valence-corrected chi connectivity index (χ1v) is 8.00. The van der Waals surface area contributed by atoms with Gasteiger partial charge in [0.1, 0.15) is 0 Å². The number of carbonyl (C=O) groups is 1. The summed E-state index contributed by atoms with van der Waals surface area (Å²) in [5, 5.41) is 0. The van der Waals surface area contributed by atoms with Crippen LogP contribution in [0.15, 0.2) is 41.1 Å². The molecule has 1 amide bonds. The molecule has 0 fully saturated rings. The second-order valence-corrected chi connectivity index (χ2v) is 5.80. The zero-order valence-corrected chi connectivity index (χ0v) is 15.0. The lowest BCUT2D eigenvalue weighted by Crippen LogP contribution is -2.26. The van der Waals surface area contributed by atoms with Gasteiger partial charge in [0.25, 0.3) is 5.91 Å². The van der Waals surface area contributed by atoms with Gasteiger partial charge in [-0.3, -0.25) is 9.78 Å². The number of nitrogens with zero attached hydrogens (tertiary/aromatic N) is 2. The lowest BCUT2D eigenvalue weighted by Gasteiger charge is -2.19. The number of benzene rings is 1. The van der Waals surface area contributed by atoms with E-state index >= 15 is 0 Å². The van der Waals surface area contributed by atoms with Crippen LogP contribution in [-0.2, 0) is 6.54 Å². The minimum absolute atomic E-state index is 0.101. The van der Waals surface area contributed by atoms with Crippen molar-refractivity contribution < 1.29 is 14.3 Å². The van der Waals surface area contributed by atoms with Crippen LogP contribution in [0.1, 0.15) is 22.8 Å². The number of ether oxygens (including phenoxy) is 2. The Morgan fingerprint density at radius 2 is 2.17 bits per heavy atom. The predicted octanol–water partition coefficient (Wildman–Crippen LogP) is 3.52. The van der Waals surface area contributed by atoms with E-state index in [0.717, 1.165) is 5.56 Å². The molecule has 6 heteroatoms. The molecule has 0 aliphatic rings. The van der Waals surface area contributed by atoms with E-state index in [-0.39, 0.29) is 5.91 Å². The van der Waals surface area contributed by atoms with Gasteiger partial charge >= 0.3 is 0 Å². The van der Waals surface area contributed by atoms with Crippen LogP contribution in [0.2, 0.25) is 0 Å². The van der Waals surface area contributed by atoms with E-state index < -0.39 is 0 Å². The quantitative estimate of drug-likeness (QED) is 0.771. The fourth-order valence-corrected chi connectivity index (χ4v) is 2.74. The lowest BCUT2D eigenvalue weighted by atomic mass is 10.1. The molecule has 0 radical (unpaired) electrons. The summed E-state index contributed by atoms with van der Waals surface area (Å²) in [6.07, 6.45) is 3.46. The van der Waals surface area contributed by atoms with Gasteiger partial charge in [-0.05, 0) is 46.6 Å². The molecular weight excluding hydrogens is 360 g/mol. The first kappa shape index (κ1) is 17.3. The van der Waals surface area contributed by atoms with E-state index in [9.17, 15) is 4.79 Å². The molecule has 5 nitrogen and oxygen atoms in total.